The van der Waals surface area contributed by atoms with Gasteiger partial charge in [-0.05, 0) is 25.0 Å². The van der Waals surface area contributed by atoms with Crippen LogP contribution in [0.1, 0.15) is 24.7 Å². The standard InChI is InChI=1S/C23H27N5O3/c1-30-23-18(10-15-4-2-3-5-19(15)27-23)20-12-24-22(26-20)21-11-16(25-17-13-31-14-17)6-7-28(21)8-9-29/h2-5,9-10,12,16-17,21,25H,6-8,11,13-14H2,1H3,(H,24,26)/t16-,21-/m0/s1. The second-order valence-electron chi connectivity index (χ2n) is 8.22. The first-order valence-electron chi connectivity index (χ1n) is 10.8. The Morgan fingerprint density at radius 1 is 1.32 bits per heavy atom. The van der Waals surface area contributed by atoms with Crippen LogP contribution in [0.25, 0.3) is 22.2 Å². The fourth-order valence-corrected chi connectivity index (χ4v) is 4.52. The molecule has 0 amide bonds. The minimum absolute atomic E-state index is 0.0469. The monoisotopic (exact) mass is 421 g/mol. The van der Waals surface area contributed by atoms with Crippen molar-refractivity contribution >= 4 is 17.2 Å². The molecule has 0 saturated carbocycles. The van der Waals surface area contributed by atoms with Gasteiger partial charge in [-0.2, -0.15) is 0 Å². The molecule has 0 bridgehead atoms. The van der Waals surface area contributed by atoms with E-state index in [1.165, 1.54) is 0 Å². The first-order valence-corrected chi connectivity index (χ1v) is 10.8. The fraction of sp³-hybridized carbons (Fsp3) is 0.435. The molecule has 2 fully saturated rings. The van der Waals surface area contributed by atoms with Crippen LogP contribution < -0.4 is 10.1 Å². The van der Waals surface area contributed by atoms with E-state index in [9.17, 15) is 4.79 Å². The number of carbonyl (C=O) groups is 1. The van der Waals surface area contributed by atoms with Crippen LogP contribution in [0.5, 0.6) is 5.88 Å². The van der Waals surface area contributed by atoms with Gasteiger partial charge in [0, 0.05) is 18.0 Å². The number of para-hydroxylation sites is 1. The van der Waals surface area contributed by atoms with Crippen molar-refractivity contribution in [1.29, 1.82) is 0 Å². The van der Waals surface area contributed by atoms with Crippen molar-refractivity contribution < 1.29 is 14.3 Å². The lowest BCUT2D eigenvalue weighted by molar-refractivity contribution is -0.110. The molecule has 3 aromatic rings. The molecule has 2 atom stereocenters. The highest BCUT2D eigenvalue weighted by Crippen LogP contribution is 2.34. The molecule has 0 unspecified atom stereocenters. The van der Waals surface area contributed by atoms with Crippen LogP contribution in [-0.2, 0) is 9.53 Å². The Balaban J connectivity index is 1.43. The first-order chi connectivity index (χ1) is 15.2. The maximum Gasteiger partial charge on any atom is 0.223 e. The lowest BCUT2D eigenvalue weighted by Crippen LogP contribution is -2.54. The largest absolute Gasteiger partial charge is 0.480 e. The molecule has 0 radical (unpaired) electrons. The van der Waals surface area contributed by atoms with Gasteiger partial charge in [-0.15, -0.1) is 0 Å². The van der Waals surface area contributed by atoms with Crippen molar-refractivity contribution in [2.45, 2.75) is 31.0 Å². The maximum absolute atomic E-state index is 11.3. The van der Waals surface area contributed by atoms with E-state index in [0.29, 0.717) is 24.5 Å². The van der Waals surface area contributed by atoms with E-state index in [-0.39, 0.29) is 6.04 Å². The number of imidazole rings is 1. The zero-order valence-corrected chi connectivity index (χ0v) is 17.6. The van der Waals surface area contributed by atoms with Gasteiger partial charge >= 0.3 is 0 Å². The summed E-state index contributed by atoms with van der Waals surface area (Å²) >= 11 is 0. The molecule has 2 aliphatic rings. The van der Waals surface area contributed by atoms with Crippen LogP contribution in [0.2, 0.25) is 0 Å². The quantitative estimate of drug-likeness (QED) is 0.566. The first kappa shape index (κ1) is 20.1. The van der Waals surface area contributed by atoms with Crippen molar-refractivity contribution in [2.24, 2.45) is 0 Å². The molecular weight excluding hydrogens is 394 g/mol. The number of aldehydes is 1. The van der Waals surface area contributed by atoms with Crippen LogP contribution in [0.15, 0.2) is 36.5 Å². The number of fused-ring (bicyclic) bond motifs is 1. The number of carbonyl (C=O) groups excluding carboxylic acids is 1. The van der Waals surface area contributed by atoms with E-state index in [2.05, 4.69) is 26.3 Å². The average Bonchev–Trinajstić information content (AvgIpc) is 3.26. The predicted molar refractivity (Wildman–Crippen MR) is 117 cm³/mol. The molecule has 2 N–H and O–H groups in total. The third kappa shape index (κ3) is 4.06. The van der Waals surface area contributed by atoms with Crippen LogP contribution in [0.4, 0.5) is 0 Å². The normalized spacial score (nSPS) is 22.4. The fourth-order valence-electron chi connectivity index (χ4n) is 4.52. The number of aromatic nitrogens is 3. The third-order valence-electron chi connectivity index (χ3n) is 6.22. The van der Waals surface area contributed by atoms with Crippen molar-refractivity contribution in [1.82, 2.24) is 25.2 Å². The van der Waals surface area contributed by atoms with Gasteiger partial charge < -0.3 is 24.6 Å². The van der Waals surface area contributed by atoms with E-state index in [1.807, 2.05) is 30.5 Å². The highest BCUT2D eigenvalue weighted by atomic mass is 16.5. The zero-order valence-electron chi connectivity index (χ0n) is 17.6. The van der Waals surface area contributed by atoms with Crippen molar-refractivity contribution in [2.75, 3.05) is 33.4 Å². The number of aromatic amines is 1. The molecule has 2 aromatic heterocycles. The van der Waals surface area contributed by atoms with Crippen LogP contribution >= 0.6 is 0 Å². The molecule has 8 nitrogen and oxygen atoms in total. The molecule has 0 aliphatic carbocycles. The minimum Gasteiger partial charge on any atom is -0.480 e. The summed E-state index contributed by atoms with van der Waals surface area (Å²) in [6.07, 6.45) is 4.71. The second-order valence-corrected chi connectivity index (χ2v) is 8.22. The lowest BCUT2D eigenvalue weighted by Gasteiger charge is -2.40. The van der Waals surface area contributed by atoms with Gasteiger partial charge in [-0.1, -0.05) is 18.2 Å². The summed E-state index contributed by atoms with van der Waals surface area (Å²) in [6, 6.07) is 10.9. The number of likely N-dealkylation sites (tertiary alicyclic amines) is 1. The van der Waals surface area contributed by atoms with E-state index in [4.69, 9.17) is 14.5 Å². The minimum atomic E-state index is 0.0469. The summed E-state index contributed by atoms with van der Waals surface area (Å²) in [5.41, 5.74) is 2.62. The molecule has 5 rings (SSSR count). The number of benzene rings is 1. The molecular formula is C23H27N5O3. The van der Waals surface area contributed by atoms with Crippen LogP contribution in [0, 0.1) is 0 Å². The highest BCUT2D eigenvalue weighted by molar-refractivity contribution is 5.85. The number of nitrogens with one attached hydrogen (secondary N) is 2. The van der Waals surface area contributed by atoms with E-state index >= 15 is 0 Å². The molecule has 8 heteroatoms. The Morgan fingerprint density at radius 3 is 2.97 bits per heavy atom. The highest BCUT2D eigenvalue weighted by Gasteiger charge is 2.33. The Kier molecular flexibility index (Phi) is 5.67. The molecule has 2 saturated heterocycles. The van der Waals surface area contributed by atoms with E-state index in [0.717, 1.165) is 66.9 Å². The van der Waals surface area contributed by atoms with Gasteiger partial charge in [-0.3, -0.25) is 4.90 Å². The van der Waals surface area contributed by atoms with Gasteiger partial charge in [0.15, 0.2) is 0 Å². The van der Waals surface area contributed by atoms with Gasteiger partial charge in [0.05, 0.1) is 61.9 Å². The predicted octanol–water partition coefficient (Wildman–Crippen LogP) is 2.33. The molecule has 4 heterocycles. The van der Waals surface area contributed by atoms with Gasteiger partial charge in [0.2, 0.25) is 5.88 Å². The van der Waals surface area contributed by atoms with E-state index < -0.39 is 0 Å². The Bertz CT molecular complexity index is 1060. The summed E-state index contributed by atoms with van der Waals surface area (Å²) in [5, 5.41) is 4.73. The second kappa shape index (κ2) is 8.74. The van der Waals surface area contributed by atoms with Crippen LogP contribution in [-0.4, -0.2) is 71.6 Å². The molecule has 31 heavy (non-hydrogen) atoms. The number of ether oxygens (including phenoxy) is 2. The maximum atomic E-state index is 11.3. The summed E-state index contributed by atoms with van der Waals surface area (Å²) in [6.45, 7) is 2.81. The van der Waals surface area contributed by atoms with Crippen molar-refractivity contribution in [3.8, 4) is 17.1 Å². The number of piperidine rings is 1. The third-order valence-corrected chi connectivity index (χ3v) is 6.22. The molecule has 162 valence electrons. The van der Waals surface area contributed by atoms with Crippen molar-refractivity contribution in [3.63, 3.8) is 0 Å². The van der Waals surface area contributed by atoms with Crippen molar-refractivity contribution in [3.05, 3.63) is 42.4 Å². The smallest absolute Gasteiger partial charge is 0.223 e. The Morgan fingerprint density at radius 2 is 2.19 bits per heavy atom. The average molecular weight is 422 g/mol. The number of nitrogens with zero attached hydrogens (tertiary/aromatic N) is 3. The molecule has 1 aromatic carbocycles. The number of pyridine rings is 1. The SMILES string of the molecule is COc1nc2ccccc2cc1-c1cnc([C@@H]2C[C@@H](NC3COC3)CCN2CC=O)[nH]1. The van der Waals surface area contributed by atoms with E-state index in [1.54, 1.807) is 7.11 Å². The topological polar surface area (TPSA) is 92.4 Å². The summed E-state index contributed by atoms with van der Waals surface area (Å²) in [5.74, 6) is 1.43. The number of hydrogen-bond donors (Lipinski definition) is 2. The van der Waals surface area contributed by atoms with Gasteiger partial charge in [-0.25, -0.2) is 9.97 Å². The number of rotatable bonds is 7. The summed E-state index contributed by atoms with van der Waals surface area (Å²) in [4.78, 5) is 26.3. The number of H-pyrrole nitrogens is 1. The molecule has 2 aliphatic heterocycles. The number of methoxy groups -OCH3 is 1. The van der Waals surface area contributed by atoms with Crippen LogP contribution in [0.3, 0.4) is 0 Å². The molecule has 0 spiro atoms. The lowest BCUT2D eigenvalue weighted by atomic mass is 9.95. The Labute approximate surface area is 181 Å². The Hall–Kier alpha value is -2.81. The van der Waals surface area contributed by atoms with Gasteiger partial charge in [0.1, 0.15) is 12.1 Å². The van der Waals surface area contributed by atoms with Gasteiger partial charge in [0.25, 0.3) is 0 Å². The zero-order chi connectivity index (χ0) is 21.2. The number of hydrogen-bond acceptors (Lipinski definition) is 7. The summed E-state index contributed by atoms with van der Waals surface area (Å²) < 4.78 is 10.9. The summed E-state index contributed by atoms with van der Waals surface area (Å²) in [7, 11) is 1.63.